The van der Waals surface area contributed by atoms with Crippen molar-refractivity contribution in [3.8, 4) is 0 Å². The molecule has 0 unspecified atom stereocenters. The molecule has 1 amide bonds. The summed E-state index contributed by atoms with van der Waals surface area (Å²) in [6.45, 7) is 5.22. The second kappa shape index (κ2) is 4.77. The fourth-order valence-electron chi connectivity index (χ4n) is 1.99. The first-order valence-corrected chi connectivity index (χ1v) is 6.72. The van der Waals surface area contributed by atoms with E-state index < -0.39 is 0 Å². The number of nitrogens with zero attached hydrogens (tertiary/aromatic N) is 1. The van der Waals surface area contributed by atoms with Crippen LogP contribution in [-0.4, -0.2) is 17.4 Å². The second-order valence-electron chi connectivity index (χ2n) is 5.07. The van der Waals surface area contributed by atoms with Gasteiger partial charge in [-0.15, -0.1) is 0 Å². The SMILES string of the molecule is CC(C)C1(CNC(=O)c2ccc(Br)nc2)CC1. The third kappa shape index (κ3) is 2.86. The molecule has 2 rings (SSSR count). The smallest absolute Gasteiger partial charge is 0.252 e. The second-order valence-corrected chi connectivity index (χ2v) is 5.88. The van der Waals surface area contributed by atoms with Crippen LogP contribution in [0.25, 0.3) is 0 Å². The van der Waals surface area contributed by atoms with Gasteiger partial charge in [0, 0.05) is 12.7 Å². The van der Waals surface area contributed by atoms with Gasteiger partial charge in [0.15, 0.2) is 0 Å². The monoisotopic (exact) mass is 296 g/mol. The zero-order valence-electron chi connectivity index (χ0n) is 10.2. The van der Waals surface area contributed by atoms with Crippen molar-refractivity contribution < 1.29 is 4.79 Å². The van der Waals surface area contributed by atoms with Crippen LogP contribution in [0.1, 0.15) is 37.0 Å². The number of carbonyl (C=O) groups is 1. The molecule has 1 fully saturated rings. The summed E-state index contributed by atoms with van der Waals surface area (Å²) in [5, 5.41) is 3.01. The normalized spacial score (nSPS) is 16.9. The van der Waals surface area contributed by atoms with Gasteiger partial charge in [0.1, 0.15) is 4.60 Å². The van der Waals surface area contributed by atoms with E-state index >= 15 is 0 Å². The van der Waals surface area contributed by atoms with Crippen LogP contribution < -0.4 is 5.32 Å². The minimum Gasteiger partial charge on any atom is -0.351 e. The van der Waals surface area contributed by atoms with E-state index in [9.17, 15) is 4.79 Å². The van der Waals surface area contributed by atoms with Crippen molar-refractivity contribution in [2.45, 2.75) is 26.7 Å². The maximum absolute atomic E-state index is 11.9. The van der Waals surface area contributed by atoms with E-state index in [4.69, 9.17) is 0 Å². The molecule has 4 heteroatoms. The van der Waals surface area contributed by atoms with Gasteiger partial charge in [0.2, 0.25) is 0 Å². The number of carbonyl (C=O) groups excluding carboxylic acids is 1. The van der Waals surface area contributed by atoms with Crippen molar-refractivity contribution in [1.29, 1.82) is 0 Å². The Hall–Kier alpha value is -0.900. The molecule has 0 saturated heterocycles. The first kappa shape index (κ1) is 12.6. The number of hydrogen-bond acceptors (Lipinski definition) is 2. The van der Waals surface area contributed by atoms with Crippen LogP contribution in [0.2, 0.25) is 0 Å². The summed E-state index contributed by atoms with van der Waals surface area (Å²) in [5.41, 5.74) is 0.964. The Morgan fingerprint density at radius 1 is 1.53 bits per heavy atom. The molecule has 92 valence electrons. The molecule has 0 radical (unpaired) electrons. The summed E-state index contributed by atoms with van der Waals surface area (Å²) in [6.07, 6.45) is 4.04. The highest BCUT2D eigenvalue weighted by atomic mass is 79.9. The summed E-state index contributed by atoms with van der Waals surface area (Å²) in [7, 11) is 0. The summed E-state index contributed by atoms with van der Waals surface area (Å²) < 4.78 is 0.745. The van der Waals surface area contributed by atoms with Gasteiger partial charge < -0.3 is 5.32 Å². The first-order valence-electron chi connectivity index (χ1n) is 5.93. The van der Waals surface area contributed by atoms with Crippen LogP contribution in [0.3, 0.4) is 0 Å². The van der Waals surface area contributed by atoms with Crippen molar-refractivity contribution in [2.75, 3.05) is 6.54 Å². The molecule has 3 nitrogen and oxygen atoms in total. The number of halogens is 1. The van der Waals surface area contributed by atoms with Crippen LogP contribution in [0.15, 0.2) is 22.9 Å². The largest absolute Gasteiger partial charge is 0.351 e. The van der Waals surface area contributed by atoms with E-state index in [1.807, 2.05) is 0 Å². The van der Waals surface area contributed by atoms with Crippen LogP contribution >= 0.6 is 15.9 Å². The third-order valence-electron chi connectivity index (χ3n) is 3.71. The Morgan fingerprint density at radius 3 is 2.71 bits per heavy atom. The van der Waals surface area contributed by atoms with Crippen LogP contribution in [0.4, 0.5) is 0 Å². The van der Waals surface area contributed by atoms with E-state index in [1.54, 1.807) is 18.3 Å². The van der Waals surface area contributed by atoms with E-state index in [0.29, 0.717) is 16.9 Å². The van der Waals surface area contributed by atoms with Crippen LogP contribution in [0.5, 0.6) is 0 Å². The van der Waals surface area contributed by atoms with Crippen molar-refractivity contribution in [3.63, 3.8) is 0 Å². The van der Waals surface area contributed by atoms with Crippen molar-refractivity contribution in [3.05, 3.63) is 28.5 Å². The van der Waals surface area contributed by atoms with E-state index in [1.165, 1.54) is 12.8 Å². The molecule has 17 heavy (non-hydrogen) atoms. The van der Waals surface area contributed by atoms with Gasteiger partial charge in [-0.2, -0.15) is 0 Å². The number of amides is 1. The molecule has 0 spiro atoms. The lowest BCUT2D eigenvalue weighted by molar-refractivity contribution is 0.0939. The van der Waals surface area contributed by atoms with Gasteiger partial charge in [-0.1, -0.05) is 13.8 Å². The highest BCUT2D eigenvalue weighted by Gasteiger charge is 2.45. The Balaban J connectivity index is 1.92. The van der Waals surface area contributed by atoms with Gasteiger partial charge in [0.25, 0.3) is 5.91 Å². The quantitative estimate of drug-likeness (QED) is 0.868. The van der Waals surface area contributed by atoms with Crippen molar-refractivity contribution in [1.82, 2.24) is 10.3 Å². The minimum atomic E-state index is -0.0306. The van der Waals surface area contributed by atoms with Gasteiger partial charge in [0.05, 0.1) is 5.56 Å². The van der Waals surface area contributed by atoms with Gasteiger partial charge >= 0.3 is 0 Å². The predicted octanol–water partition coefficient (Wildman–Crippen LogP) is 3.01. The highest BCUT2D eigenvalue weighted by Crippen LogP contribution is 2.51. The molecule has 0 bridgehead atoms. The Bertz CT molecular complexity index is 410. The average Bonchev–Trinajstić information content (AvgIpc) is 3.08. The lowest BCUT2D eigenvalue weighted by Crippen LogP contribution is -2.32. The highest BCUT2D eigenvalue weighted by molar-refractivity contribution is 9.10. The Kier molecular flexibility index (Phi) is 3.52. The Morgan fingerprint density at radius 2 is 2.24 bits per heavy atom. The predicted molar refractivity (Wildman–Crippen MR) is 70.8 cm³/mol. The fourth-order valence-corrected chi connectivity index (χ4v) is 2.22. The number of rotatable bonds is 4. The zero-order valence-corrected chi connectivity index (χ0v) is 11.8. The number of nitrogens with one attached hydrogen (secondary N) is 1. The standard InChI is InChI=1S/C13H17BrN2O/c1-9(2)13(5-6-13)8-16-12(17)10-3-4-11(14)15-7-10/h3-4,7,9H,5-6,8H2,1-2H3,(H,16,17). The summed E-state index contributed by atoms with van der Waals surface area (Å²) >= 11 is 3.25. The number of pyridine rings is 1. The molecule has 1 heterocycles. The summed E-state index contributed by atoms with van der Waals surface area (Å²) in [4.78, 5) is 15.9. The molecule has 1 aromatic rings. The molecule has 1 aromatic heterocycles. The molecule has 1 aliphatic carbocycles. The van der Waals surface area contributed by atoms with E-state index in [0.717, 1.165) is 11.1 Å². The van der Waals surface area contributed by atoms with E-state index in [-0.39, 0.29) is 5.91 Å². The molecular formula is C13H17BrN2O. The molecule has 1 saturated carbocycles. The van der Waals surface area contributed by atoms with E-state index in [2.05, 4.69) is 40.1 Å². The zero-order chi connectivity index (χ0) is 12.5. The molecule has 1 aliphatic rings. The number of aromatic nitrogens is 1. The Labute approximate surface area is 110 Å². The topological polar surface area (TPSA) is 42.0 Å². The lowest BCUT2D eigenvalue weighted by Gasteiger charge is -2.19. The maximum atomic E-state index is 11.9. The van der Waals surface area contributed by atoms with Crippen molar-refractivity contribution >= 4 is 21.8 Å². The minimum absolute atomic E-state index is 0.0306. The van der Waals surface area contributed by atoms with Crippen molar-refractivity contribution in [2.24, 2.45) is 11.3 Å². The summed E-state index contributed by atoms with van der Waals surface area (Å²) in [6, 6.07) is 3.56. The van der Waals surface area contributed by atoms with Gasteiger partial charge in [-0.05, 0) is 52.2 Å². The molecular weight excluding hydrogens is 280 g/mol. The molecule has 0 atom stereocenters. The van der Waals surface area contributed by atoms with Gasteiger partial charge in [-0.3, -0.25) is 4.79 Å². The van der Waals surface area contributed by atoms with Crippen LogP contribution in [0, 0.1) is 11.3 Å². The summed E-state index contributed by atoms with van der Waals surface area (Å²) in [5.74, 6) is 0.600. The first-order chi connectivity index (χ1) is 8.03. The van der Waals surface area contributed by atoms with Gasteiger partial charge in [-0.25, -0.2) is 4.98 Å². The number of hydrogen-bond donors (Lipinski definition) is 1. The van der Waals surface area contributed by atoms with Crippen LogP contribution in [-0.2, 0) is 0 Å². The molecule has 0 aromatic carbocycles. The fraction of sp³-hybridized carbons (Fsp3) is 0.538. The third-order valence-corrected chi connectivity index (χ3v) is 4.18. The maximum Gasteiger partial charge on any atom is 0.252 e. The molecule has 0 aliphatic heterocycles. The lowest BCUT2D eigenvalue weighted by atomic mass is 9.92. The molecule has 1 N–H and O–H groups in total. The average molecular weight is 297 g/mol.